The fourth-order valence-corrected chi connectivity index (χ4v) is 1.72. The van der Waals surface area contributed by atoms with Crippen LogP contribution in [-0.4, -0.2) is 17.0 Å². The summed E-state index contributed by atoms with van der Waals surface area (Å²) in [6.45, 7) is 4.00. The van der Waals surface area contributed by atoms with E-state index in [9.17, 15) is 9.18 Å². The average molecular weight is 288 g/mol. The van der Waals surface area contributed by atoms with E-state index in [1.165, 1.54) is 12.3 Å². The van der Waals surface area contributed by atoms with Crippen molar-refractivity contribution in [1.29, 1.82) is 0 Å². The topological polar surface area (TPSA) is 51.2 Å². The number of carbonyl (C=O) groups excluding carboxylic acids is 1. The maximum Gasteiger partial charge on any atom is 0.258 e. The Morgan fingerprint density at radius 3 is 2.95 bits per heavy atom. The standard InChI is InChI=1S/C16H17FN2O2/c1-3-11(2)21-13-6-4-5-12(9-13)19-16(20)14-7-8-18-10-15(14)17/h4-11H,3H2,1-2H3,(H,19,20). The third kappa shape index (κ3) is 4.02. The minimum atomic E-state index is -0.651. The Morgan fingerprint density at radius 2 is 2.24 bits per heavy atom. The van der Waals surface area contributed by atoms with Crippen molar-refractivity contribution in [2.45, 2.75) is 26.4 Å². The molecule has 2 rings (SSSR count). The summed E-state index contributed by atoms with van der Waals surface area (Å²) in [5.74, 6) is -0.505. The summed E-state index contributed by atoms with van der Waals surface area (Å²) in [5, 5.41) is 2.64. The summed E-state index contributed by atoms with van der Waals surface area (Å²) in [4.78, 5) is 15.6. The number of nitrogens with zero attached hydrogens (tertiary/aromatic N) is 1. The molecule has 0 bridgehead atoms. The molecule has 0 radical (unpaired) electrons. The molecule has 21 heavy (non-hydrogen) atoms. The van der Waals surface area contributed by atoms with Crippen LogP contribution in [0.1, 0.15) is 30.6 Å². The lowest BCUT2D eigenvalue weighted by Gasteiger charge is -2.13. The van der Waals surface area contributed by atoms with E-state index >= 15 is 0 Å². The Balaban J connectivity index is 2.11. The minimum Gasteiger partial charge on any atom is -0.491 e. The molecule has 0 fully saturated rings. The second-order valence-corrected chi connectivity index (χ2v) is 4.67. The van der Waals surface area contributed by atoms with Crippen molar-refractivity contribution in [1.82, 2.24) is 4.98 Å². The van der Waals surface area contributed by atoms with Crippen molar-refractivity contribution in [2.75, 3.05) is 5.32 Å². The van der Waals surface area contributed by atoms with Crippen LogP contribution >= 0.6 is 0 Å². The molecule has 1 aromatic carbocycles. The first kappa shape index (κ1) is 15.0. The summed E-state index contributed by atoms with van der Waals surface area (Å²) < 4.78 is 19.2. The molecule has 1 atom stereocenters. The molecular formula is C16H17FN2O2. The fraction of sp³-hybridized carbons (Fsp3) is 0.250. The van der Waals surface area contributed by atoms with Gasteiger partial charge in [0, 0.05) is 18.0 Å². The molecule has 0 aliphatic carbocycles. The lowest BCUT2D eigenvalue weighted by Crippen LogP contribution is -2.14. The second kappa shape index (κ2) is 6.83. The van der Waals surface area contributed by atoms with Crippen molar-refractivity contribution in [2.24, 2.45) is 0 Å². The molecule has 1 unspecified atom stereocenters. The van der Waals surface area contributed by atoms with E-state index in [1.807, 2.05) is 19.9 Å². The van der Waals surface area contributed by atoms with Gasteiger partial charge in [-0.3, -0.25) is 9.78 Å². The highest BCUT2D eigenvalue weighted by Crippen LogP contribution is 2.20. The van der Waals surface area contributed by atoms with Gasteiger partial charge in [-0.15, -0.1) is 0 Å². The number of anilines is 1. The number of benzene rings is 1. The van der Waals surface area contributed by atoms with Gasteiger partial charge >= 0.3 is 0 Å². The van der Waals surface area contributed by atoms with Crippen LogP contribution in [0.2, 0.25) is 0 Å². The van der Waals surface area contributed by atoms with E-state index < -0.39 is 11.7 Å². The van der Waals surface area contributed by atoms with Gasteiger partial charge in [0.05, 0.1) is 17.9 Å². The Morgan fingerprint density at radius 1 is 1.43 bits per heavy atom. The largest absolute Gasteiger partial charge is 0.491 e. The average Bonchev–Trinajstić information content (AvgIpc) is 2.47. The Bertz CT molecular complexity index is 631. The van der Waals surface area contributed by atoms with Crippen molar-refractivity contribution < 1.29 is 13.9 Å². The van der Waals surface area contributed by atoms with Crippen LogP contribution in [0.5, 0.6) is 5.75 Å². The molecule has 1 amide bonds. The summed E-state index contributed by atoms with van der Waals surface area (Å²) in [7, 11) is 0. The van der Waals surface area contributed by atoms with E-state index in [1.54, 1.807) is 18.2 Å². The van der Waals surface area contributed by atoms with Crippen molar-refractivity contribution in [3.8, 4) is 5.75 Å². The molecule has 1 aromatic heterocycles. The second-order valence-electron chi connectivity index (χ2n) is 4.67. The smallest absolute Gasteiger partial charge is 0.258 e. The van der Waals surface area contributed by atoms with Crippen LogP contribution in [0.25, 0.3) is 0 Å². The number of ether oxygens (including phenoxy) is 1. The van der Waals surface area contributed by atoms with Gasteiger partial charge in [0.15, 0.2) is 5.82 Å². The van der Waals surface area contributed by atoms with Crippen LogP contribution in [0.4, 0.5) is 10.1 Å². The Hall–Kier alpha value is -2.43. The summed E-state index contributed by atoms with van der Waals surface area (Å²) in [6.07, 6.45) is 3.37. The first-order valence-corrected chi connectivity index (χ1v) is 6.77. The maximum atomic E-state index is 13.5. The van der Waals surface area contributed by atoms with Gasteiger partial charge in [0.2, 0.25) is 0 Å². The monoisotopic (exact) mass is 288 g/mol. The van der Waals surface area contributed by atoms with Crippen molar-refractivity contribution in [3.05, 3.63) is 54.1 Å². The molecule has 0 saturated carbocycles. The number of aromatic nitrogens is 1. The van der Waals surface area contributed by atoms with E-state index in [2.05, 4.69) is 10.3 Å². The maximum absolute atomic E-state index is 13.5. The molecule has 0 aliphatic rings. The number of carbonyl (C=O) groups is 1. The van der Waals surface area contributed by atoms with Gasteiger partial charge in [0.25, 0.3) is 5.91 Å². The molecule has 5 heteroatoms. The number of nitrogens with one attached hydrogen (secondary N) is 1. The zero-order valence-corrected chi connectivity index (χ0v) is 12.0. The number of hydrogen-bond donors (Lipinski definition) is 1. The fourth-order valence-electron chi connectivity index (χ4n) is 1.72. The van der Waals surface area contributed by atoms with E-state index in [-0.39, 0.29) is 11.7 Å². The van der Waals surface area contributed by atoms with Gasteiger partial charge in [-0.2, -0.15) is 0 Å². The van der Waals surface area contributed by atoms with E-state index in [0.717, 1.165) is 12.6 Å². The van der Waals surface area contributed by atoms with Gasteiger partial charge in [-0.05, 0) is 31.5 Å². The van der Waals surface area contributed by atoms with Crippen molar-refractivity contribution in [3.63, 3.8) is 0 Å². The predicted octanol–water partition coefficient (Wildman–Crippen LogP) is 3.65. The molecule has 1 heterocycles. The number of amides is 1. The lowest BCUT2D eigenvalue weighted by molar-refractivity contribution is 0.102. The van der Waals surface area contributed by atoms with Crippen LogP contribution in [0.3, 0.4) is 0 Å². The Kier molecular flexibility index (Phi) is 4.87. The summed E-state index contributed by atoms with van der Waals surface area (Å²) in [5.41, 5.74) is 0.510. The highest BCUT2D eigenvalue weighted by Gasteiger charge is 2.12. The quantitative estimate of drug-likeness (QED) is 0.913. The number of hydrogen-bond acceptors (Lipinski definition) is 3. The van der Waals surface area contributed by atoms with Gasteiger partial charge in [-0.1, -0.05) is 13.0 Å². The highest BCUT2D eigenvalue weighted by atomic mass is 19.1. The van der Waals surface area contributed by atoms with Gasteiger partial charge < -0.3 is 10.1 Å². The van der Waals surface area contributed by atoms with E-state index in [0.29, 0.717) is 11.4 Å². The molecule has 110 valence electrons. The van der Waals surface area contributed by atoms with E-state index in [4.69, 9.17) is 4.74 Å². The zero-order valence-electron chi connectivity index (χ0n) is 12.0. The molecule has 2 aromatic rings. The first-order chi connectivity index (χ1) is 10.1. The summed E-state index contributed by atoms with van der Waals surface area (Å²) >= 11 is 0. The summed E-state index contributed by atoms with van der Waals surface area (Å²) in [6, 6.07) is 8.36. The minimum absolute atomic E-state index is 0.0433. The molecule has 1 N–H and O–H groups in total. The lowest BCUT2D eigenvalue weighted by atomic mass is 10.2. The third-order valence-electron chi connectivity index (χ3n) is 3.02. The normalized spacial score (nSPS) is 11.8. The van der Waals surface area contributed by atoms with Gasteiger partial charge in [-0.25, -0.2) is 4.39 Å². The van der Waals surface area contributed by atoms with Gasteiger partial charge in [0.1, 0.15) is 5.75 Å². The highest BCUT2D eigenvalue weighted by molar-refractivity contribution is 6.04. The van der Waals surface area contributed by atoms with Crippen LogP contribution in [0, 0.1) is 5.82 Å². The number of pyridine rings is 1. The number of rotatable bonds is 5. The SMILES string of the molecule is CCC(C)Oc1cccc(NC(=O)c2ccncc2F)c1. The molecular weight excluding hydrogens is 271 g/mol. The van der Waals surface area contributed by atoms with Crippen LogP contribution < -0.4 is 10.1 Å². The zero-order chi connectivity index (χ0) is 15.2. The first-order valence-electron chi connectivity index (χ1n) is 6.77. The predicted molar refractivity (Wildman–Crippen MR) is 79.0 cm³/mol. The van der Waals surface area contributed by atoms with Crippen LogP contribution in [0.15, 0.2) is 42.7 Å². The Labute approximate surface area is 123 Å². The third-order valence-corrected chi connectivity index (χ3v) is 3.02. The molecule has 0 aliphatic heterocycles. The molecule has 4 nitrogen and oxygen atoms in total. The van der Waals surface area contributed by atoms with Crippen LogP contribution in [-0.2, 0) is 0 Å². The number of halogens is 1. The molecule has 0 saturated heterocycles. The van der Waals surface area contributed by atoms with Crippen molar-refractivity contribution >= 4 is 11.6 Å². The molecule has 0 spiro atoms.